The largest absolute Gasteiger partial charge is 0.394 e. The number of rotatable bonds is 4. The topological polar surface area (TPSA) is 32.3 Å². The molecule has 0 fully saturated rings. The first-order valence-electron chi connectivity index (χ1n) is 6.72. The van der Waals surface area contributed by atoms with E-state index in [4.69, 9.17) is 11.6 Å². The molecule has 1 atom stereocenters. The molecule has 0 heterocycles. The van der Waals surface area contributed by atoms with E-state index in [0.717, 1.165) is 11.3 Å². The van der Waals surface area contributed by atoms with Crippen LogP contribution in [0.1, 0.15) is 28.3 Å². The van der Waals surface area contributed by atoms with Gasteiger partial charge in [0.2, 0.25) is 0 Å². The standard InChI is InChI=1S/C17H20ClNO/c1-11-8-13(3)16(9-12(11)2)17(10-20)19-15-6-4-14(18)5-7-15/h4-9,17,19-20H,10H2,1-3H3. The third-order valence-corrected chi connectivity index (χ3v) is 3.88. The van der Waals surface area contributed by atoms with E-state index >= 15 is 0 Å². The molecule has 2 rings (SSSR count). The van der Waals surface area contributed by atoms with Gasteiger partial charge in [-0.25, -0.2) is 0 Å². The third-order valence-electron chi connectivity index (χ3n) is 3.63. The second-order valence-electron chi connectivity index (χ2n) is 5.18. The molecule has 0 amide bonds. The fourth-order valence-electron chi connectivity index (χ4n) is 2.33. The molecular formula is C17H20ClNO. The van der Waals surface area contributed by atoms with Crippen molar-refractivity contribution in [2.75, 3.05) is 11.9 Å². The van der Waals surface area contributed by atoms with Crippen molar-refractivity contribution in [2.45, 2.75) is 26.8 Å². The van der Waals surface area contributed by atoms with Crippen molar-refractivity contribution in [1.82, 2.24) is 0 Å². The SMILES string of the molecule is Cc1cc(C)c(C(CO)Nc2ccc(Cl)cc2)cc1C. The molecular weight excluding hydrogens is 270 g/mol. The summed E-state index contributed by atoms with van der Waals surface area (Å²) in [6, 6.07) is 11.7. The van der Waals surface area contributed by atoms with Gasteiger partial charge >= 0.3 is 0 Å². The maximum absolute atomic E-state index is 9.69. The number of halogens is 1. The maximum Gasteiger partial charge on any atom is 0.0747 e. The van der Waals surface area contributed by atoms with Crippen LogP contribution in [0.2, 0.25) is 5.02 Å². The second kappa shape index (κ2) is 6.29. The first-order chi connectivity index (χ1) is 9.51. The minimum Gasteiger partial charge on any atom is -0.394 e. The summed E-state index contributed by atoms with van der Waals surface area (Å²) < 4.78 is 0. The van der Waals surface area contributed by atoms with Gasteiger partial charge in [0, 0.05) is 10.7 Å². The summed E-state index contributed by atoms with van der Waals surface area (Å²) in [5.41, 5.74) is 5.78. The molecule has 0 saturated heterocycles. The Morgan fingerprint density at radius 1 is 1.00 bits per heavy atom. The highest BCUT2D eigenvalue weighted by Gasteiger charge is 2.14. The van der Waals surface area contributed by atoms with Crippen molar-refractivity contribution in [2.24, 2.45) is 0 Å². The van der Waals surface area contributed by atoms with Gasteiger partial charge in [-0.3, -0.25) is 0 Å². The molecule has 0 aromatic heterocycles. The molecule has 3 heteroatoms. The number of anilines is 1. The van der Waals surface area contributed by atoms with Crippen LogP contribution in [-0.2, 0) is 0 Å². The van der Waals surface area contributed by atoms with Gasteiger partial charge in [0.25, 0.3) is 0 Å². The molecule has 0 saturated carbocycles. The quantitative estimate of drug-likeness (QED) is 0.874. The summed E-state index contributed by atoms with van der Waals surface area (Å²) in [4.78, 5) is 0. The van der Waals surface area contributed by atoms with E-state index in [9.17, 15) is 5.11 Å². The number of aliphatic hydroxyl groups is 1. The lowest BCUT2D eigenvalue weighted by molar-refractivity contribution is 0.276. The Morgan fingerprint density at radius 3 is 2.20 bits per heavy atom. The predicted molar refractivity (Wildman–Crippen MR) is 85.6 cm³/mol. The van der Waals surface area contributed by atoms with Crippen LogP contribution in [0.5, 0.6) is 0 Å². The van der Waals surface area contributed by atoms with Crippen LogP contribution >= 0.6 is 11.6 Å². The number of nitrogens with one attached hydrogen (secondary N) is 1. The zero-order valence-corrected chi connectivity index (χ0v) is 12.8. The van der Waals surface area contributed by atoms with Gasteiger partial charge in [-0.2, -0.15) is 0 Å². The molecule has 0 bridgehead atoms. The van der Waals surface area contributed by atoms with Crippen LogP contribution in [0.3, 0.4) is 0 Å². The molecule has 2 aromatic carbocycles. The fourth-order valence-corrected chi connectivity index (χ4v) is 2.45. The number of hydrogen-bond donors (Lipinski definition) is 2. The lowest BCUT2D eigenvalue weighted by Crippen LogP contribution is -2.16. The fraction of sp³-hybridized carbons (Fsp3) is 0.294. The van der Waals surface area contributed by atoms with E-state index in [0.29, 0.717) is 5.02 Å². The lowest BCUT2D eigenvalue weighted by atomic mass is 9.96. The molecule has 2 aromatic rings. The molecule has 0 aliphatic rings. The number of benzene rings is 2. The molecule has 20 heavy (non-hydrogen) atoms. The Kier molecular flexibility index (Phi) is 4.69. The average Bonchev–Trinajstić information content (AvgIpc) is 2.43. The first kappa shape index (κ1) is 14.9. The third kappa shape index (κ3) is 3.33. The molecule has 0 aliphatic heterocycles. The van der Waals surface area contributed by atoms with Gasteiger partial charge < -0.3 is 10.4 Å². The highest BCUT2D eigenvalue weighted by atomic mass is 35.5. The summed E-state index contributed by atoms with van der Waals surface area (Å²) >= 11 is 5.89. The van der Waals surface area contributed by atoms with E-state index in [2.05, 4.69) is 38.2 Å². The Hall–Kier alpha value is -1.51. The van der Waals surface area contributed by atoms with E-state index < -0.39 is 0 Å². The molecule has 2 nitrogen and oxygen atoms in total. The van der Waals surface area contributed by atoms with Crippen LogP contribution in [0.25, 0.3) is 0 Å². The van der Waals surface area contributed by atoms with Crippen LogP contribution in [0.15, 0.2) is 36.4 Å². The Balaban J connectivity index is 2.28. The minimum atomic E-state index is -0.115. The highest BCUT2D eigenvalue weighted by Crippen LogP contribution is 2.25. The van der Waals surface area contributed by atoms with Crippen molar-refractivity contribution in [1.29, 1.82) is 0 Å². The maximum atomic E-state index is 9.69. The van der Waals surface area contributed by atoms with E-state index in [-0.39, 0.29) is 12.6 Å². The van der Waals surface area contributed by atoms with Gasteiger partial charge in [-0.1, -0.05) is 23.7 Å². The molecule has 0 spiro atoms. The summed E-state index contributed by atoms with van der Waals surface area (Å²) in [5, 5.41) is 13.7. The minimum absolute atomic E-state index is 0.0476. The van der Waals surface area contributed by atoms with Crippen LogP contribution < -0.4 is 5.32 Å². The molecule has 0 radical (unpaired) electrons. The smallest absolute Gasteiger partial charge is 0.0747 e. The molecule has 106 valence electrons. The van der Waals surface area contributed by atoms with Crippen molar-refractivity contribution in [3.8, 4) is 0 Å². The zero-order valence-electron chi connectivity index (χ0n) is 12.1. The van der Waals surface area contributed by atoms with Gasteiger partial charge in [-0.15, -0.1) is 0 Å². The van der Waals surface area contributed by atoms with Crippen LogP contribution in [0.4, 0.5) is 5.69 Å². The Labute approximate surface area is 125 Å². The summed E-state index contributed by atoms with van der Waals surface area (Å²) in [6.45, 7) is 6.32. The predicted octanol–water partition coefficient (Wildman–Crippen LogP) is 4.41. The molecule has 0 aliphatic carbocycles. The van der Waals surface area contributed by atoms with Gasteiger partial charge in [0.15, 0.2) is 0 Å². The average molecular weight is 290 g/mol. The highest BCUT2D eigenvalue weighted by molar-refractivity contribution is 6.30. The first-order valence-corrected chi connectivity index (χ1v) is 7.09. The van der Waals surface area contributed by atoms with Crippen molar-refractivity contribution >= 4 is 17.3 Å². The summed E-state index contributed by atoms with van der Waals surface area (Å²) in [7, 11) is 0. The van der Waals surface area contributed by atoms with E-state index in [1.165, 1.54) is 16.7 Å². The Bertz CT molecular complexity index is 593. The number of aryl methyl sites for hydroxylation is 3. The number of aliphatic hydroxyl groups excluding tert-OH is 1. The second-order valence-corrected chi connectivity index (χ2v) is 5.62. The van der Waals surface area contributed by atoms with Crippen molar-refractivity contribution < 1.29 is 5.11 Å². The van der Waals surface area contributed by atoms with Crippen molar-refractivity contribution in [3.05, 3.63) is 63.7 Å². The van der Waals surface area contributed by atoms with Crippen LogP contribution in [-0.4, -0.2) is 11.7 Å². The van der Waals surface area contributed by atoms with E-state index in [1.54, 1.807) is 0 Å². The zero-order chi connectivity index (χ0) is 14.7. The monoisotopic (exact) mass is 289 g/mol. The van der Waals surface area contributed by atoms with Crippen LogP contribution in [0, 0.1) is 20.8 Å². The van der Waals surface area contributed by atoms with Gasteiger partial charge in [0.1, 0.15) is 0 Å². The lowest BCUT2D eigenvalue weighted by Gasteiger charge is -2.21. The summed E-state index contributed by atoms with van der Waals surface area (Å²) in [6.07, 6.45) is 0. The number of hydrogen-bond acceptors (Lipinski definition) is 2. The van der Waals surface area contributed by atoms with Crippen molar-refractivity contribution in [3.63, 3.8) is 0 Å². The Morgan fingerprint density at radius 2 is 1.60 bits per heavy atom. The molecule has 2 N–H and O–H groups in total. The molecule has 1 unspecified atom stereocenters. The van der Waals surface area contributed by atoms with Gasteiger partial charge in [0.05, 0.1) is 12.6 Å². The van der Waals surface area contributed by atoms with Gasteiger partial charge in [-0.05, 0) is 67.3 Å². The van der Waals surface area contributed by atoms with E-state index in [1.807, 2.05) is 24.3 Å². The normalized spacial score (nSPS) is 12.2. The summed E-state index contributed by atoms with van der Waals surface area (Å²) in [5.74, 6) is 0.